The van der Waals surface area contributed by atoms with Crippen LogP contribution in [-0.2, 0) is 0 Å². The number of para-hydroxylation sites is 1. The van der Waals surface area contributed by atoms with Crippen LogP contribution in [0.3, 0.4) is 0 Å². The smallest absolute Gasteiger partial charge is 0.258 e. The number of halogens is 2. The highest BCUT2D eigenvalue weighted by Crippen LogP contribution is 2.29. The van der Waals surface area contributed by atoms with Gasteiger partial charge in [-0.3, -0.25) is 4.79 Å². The lowest BCUT2D eigenvalue weighted by Crippen LogP contribution is -2.32. The summed E-state index contributed by atoms with van der Waals surface area (Å²) in [5, 5.41) is 9.97. The lowest BCUT2D eigenvalue weighted by molar-refractivity contribution is 0.0986. The van der Waals surface area contributed by atoms with Crippen molar-refractivity contribution in [2.24, 2.45) is 0 Å². The van der Waals surface area contributed by atoms with E-state index in [1.165, 1.54) is 25.7 Å². The maximum Gasteiger partial charge on any atom is 0.258 e. The molecule has 1 N–H and O–H groups in total. The molecule has 0 radical (unpaired) electrons. The van der Waals surface area contributed by atoms with Crippen molar-refractivity contribution in [3.8, 4) is 5.75 Å². The van der Waals surface area contributed by atoms with E-state index in [-0.39, 0.29) is 11.7 Å². The fourth-order valence-corrected chi connectivity index (χ4v) is 4.62. The van der Waals surface area contributed by atoms with Crippen LogP contribution in [0.5, 0.6) is 5.75 Å². The first-order valence-electron chi connectivity index (χ1n) is 9.09. The molecule has 0 aliphatic heterocycles. The molecule has 0 fully saturated rings. The molecule has 3 nitrogen and oxygen atoms in total. The molecular formula is C21H25I2NO2. The Bertz CT molecular complexity index is 696. The van der Waals surface area contributed by atoms with E-state index >= 15 is 0 Å². The predicted octanol–water partition coefficient (Wildman–Crippen LogP) is 6.61. The highest BCUT2D eigenvalue weighted by atomic mass is 127. The minimum atomic E-state index is -0.0133. The average Bonchev–Trinajstić information content (AvgIpc) is 2.65. The number of hydrogen-bond donors (Lipinski definition) is 1. The van der Waals surface area contributed by atoms with Gasteiger partial charge in [0.25, 0.3) is 5.91 Å². The Morgan fingerprint density at radius 2 is 1.54 bits per heavy atom. The first-order valence-corrected chi connectivity index (χ1v) is 11.2. The molecule has 2 aromatic carbocycles. The van der Waals surface area contributed by atoms with E-state index in [2.05, 4.69) is 52.1 Å². The minimum absolute atomic E-state index is 0.0133. The largest absolute Gasteiger partial charge is 0.506 e. The quantitative estimate of drug-likeness (QED) is 0.270. The van der Waals surface area contributed by atoms with Gasteiger partial charge in [0.2, 0.25) is 0 Å². The van der Waals surface area contributed by atoms with Crippen molar-refractivity contribution in [1.29, 1.82) is 0 Å². The minimum Gasteiger partial charge on any atom is -0.506 e. The summed E-state index contributed by atoms with van der Waals surface area (Å²) >= 11 is 4.14. The predicted molar refractivity (Wildman–Crippen MR) is 125 cm³/mol. The molecule has 0 aromatic heterocycles. The zero-order valence-electron chi connectivity index (χ0n) is 15.0. The number of anilines is 1. The summed E-state index contributed by atoms with van der Waals surface area (Å²) < 4.78 is 1.40. The van der Waals surface area contributed by atoms with Crippen molar-refractivity contribution in [1.82, 2.24) is 0 Å². The molecule has 0 aliphatic carbocycles. The second-order valence-electron chi connectivity index (χ2n) is 6.35. The second kappa shape index (κ2) is 11.1. The van der Waals surface area contributed by atoms with Gasteiger partial charge in [-0.2, -0.15) is 0 Å². The number of phenolic OH excluding ortho intramolecular Hbond substituents is 1. The first kappa shape index (κ1) is 21.5. The van der Waals surface area contributed by atoms with Crippen molar-refractivity contribution < 1.29 is 9.90 Å². The summed E-state index contributed by atoms with van der Waals surface area (Å²) in [6.45, 7) is 2.93. The molecule has 2 aromatic rings. The molecule has 2 rings (SSSR count). The van der Waals surface area contributed by atoms with E-state index in [0.29, 0.717) is 19.2 Å². The number of aromatic hydroxyl groups is 1. The van der Waals surface area contributed by atoms with Crippen molar-refractivity contribution in [3.63, 3.8) is 0 Å². The molecule has 0 heterocycles. The number of nitrogens with zero attached hydrogens (tertiary/aromatic N) is 1. The van der Waals surface area contributed by atoms with E-state index in [4.69, 9.17) is 0 Å². The van der Waals surface area contributed by atoms with Gasteiger partial charge in [-0.1, -0.05) is 57.2 Å². The number of rotatable bonds is 9. The number of amides is 1. The van der Waals surface area contributed by atoms with Gasteiger partial charge in [0.05, 0.1) is 7.14 Å². The standard InChI is InChI=1S/C21H25I2NO2/c1-2-3-4-5-6-10-13-24(17-11-8-7-9-12-17)21(26)16-14-18(22)20(25)19(23)15-16/h7-9,11-12,14-15,25H,2-6,10,13H2,1H3. The molecule has 0 bridgehead atoms. The van der Waals surface area contributed by atoms with Gasteiger partial charge in [-0.05, 0) is 75.9 Å². The second-order valence-corrected chi connectivity index (χ2v) is 8.67. The third kappa shape index (κ3) is 6.11. The van der Waals surface area contributed by atoms with Crippen LogP contribution in [0.25, 0.3) is 0 Å². The van der Waals surface area contributed by atoms with Crippen LogP contribution in [-0.4, -0.2) is 17.6 Å². The molecular weight excluding hydrogens is 552 g/mol. The van der Waals surface area contributed by atoms with Gasteiger partial charge >= 0.3 is 0 Å². The number of phenols is 1. The third-order valence-electron chi connectivity index (χ3n) is 4.31. The molecule has 140 valence electrons. The Hall–Kier alpha value is -0.830. The Morgan fingerprint density at radius 3 is 2.15 bits per heavy atom. The van der Waals surface area contributed by atoms with Crippen LogP contribution in [0.15, 0.2) is 42.5 Å². The van der Waals surface area contributed by atoms with Crippen LogP contribution in [0, 0.1) is 7.14 Å². The van der Waals surface area contributed by atoms with Gasteiger partial charge < -0.3 is 10.0 Å². The monoisotopic (exact) mass is 577 g/mol. The number of unbranched alkanes of at least 4 members (excludes halogenated alkanes) is 5. The van der Waals surface area contributed by atoms with E-state index in [1.807, 2.05) is 35.2 Å². The summed E-state index contributed by atoms with van der Waals surface area (Å²) in [6.07, 6.45) is 7.15. The van der Waals surface area contributed by atoms with E-state index < -0.39 is 0 Å². The Balaban J connectivity index is 2.14. The van der Waals surface area contributed by atoms with Crippen molar-refractivity contribution in [3.05, 3.63) is 55.2 Å². The topological polar surface area (TPSA) is 40.5 Å². The van der Waals surface area contributed by atoms with Gasteiger partial charge in [-0.15, -0.1) is 0 Å². The fraction of sp³-hybridized carbons (Fsp3) is 0.381. The molecule has 1 amide bonds. The van der Waals surface area contributed by atoms with E-state index in [1.54, 1.807) is 12.1 Å². The lowest BCUT2D eigenvalue weighted by atomic mass is 10.1. The molecule has 0 spiro atoms. The average molecular weight is 577 g/mol. The number of hydrogen-bond acceptors (Lipinski definition) is 2. The lowest BCUT2D eigenvalue weighted by Gasteiger charge is -2.23. The van der Waals surface area contributed by atoms with Crippen molar-refractivity contribution >= 4 is 56.8 Å². The van der Waals surface area contributed by atoms with Crippen LogP contribution < -0.4 is 4.90 Å². The molecule has 0 aliphatic rings. The normalized spacial score (nSPS) is 10.7. The molecule has 0 unspecified atom stereocenters. The van der Waals surface area contributed by atoms with Gasteiger partial charge in [0.15, 0.2) is 0 Å². The van der Waals surface area contributed by atoms with Crippen LogP contribution >= 0.6 is 45.2 Å². The molecule has 5 heteroatoms. The Morgan fingerprint density at radius 1 is 0.962 bits per heavy atom. The maximum absolute atomic E-state index is 13.2. The van der Waals surface area contributed by atoms with Crippen LogP contribution in [0.4, 0.5) is 5.69 Å². The number of carbonyl (C=O) groups excluding carboxylic acids is 1. The summed E-state index contributed by atoms with van der Waals surface area (Å²) in [5.41, 5.74) is 1.54. The summed E-state index contributed by atoms with van der Waals surface area (Å²) in [7, 11) is 0. The summed E-state index contributed by atoms with van der Waals surface area (Å²) in [5.74, 6) is 0.227. The molecule has 26 heavy (non-hydrogen) atoms. The van der Waals surface area contributed by atoms with Crippen LogP contribution in [0.2, 0.25) is 0 Å². The van der Waals surface area contributed by atoms with Gasteiger partial charge in [-0.25, -0.2) is 0 Å². The van der Waals surface area contributed by atoms with Crippen LogP contribution in [0.1, 0.15) is 55.8 Å². The van der Waals surface area contributed by atoms with Gasteiger partial charge in [0, 0.05) is 17.8 Å². The zero-order valence-corrected chi connectivity index (χ0v) is 19.4. The molecule has 0 atom stereocenters. The highest BCUT2D eigenvalue weighted by molar-refractivity contribution is 14.1. The number of benzene rings is 2. The highest BCUT2D eigenvalue weighted by Gasteiger charge is 2.19. The van der Waals surface area contributed by atoms with Gasteiger partial charge in [0.1, 0.15) is 5.75 Å². The van der Waals surface area contributed by atoms with Crippen molar-refractivity contribution in [2.75, 3.05) is 11.4 Å². The Kier molecular flexibility index (Phi) is 9.18. The maximum atomic E-state index is 13.2. The Labute approximate surface area is 183 Å². The zero-order chi connectivity index (χ0) is 18.9. The third-order valence-corrected chi connectivity index (χ3v) is 5.96. The number of carbonyl (C=O) groups is 1. The summed E-state index contributed by atoms with van der Waals surface area (Å²) in [4.78, 5) is 15.0. The van der Waals surface area contributed by atoms with E-state index in [0.717, 1.165) is 18.5 Å². The first-order chi connectivity index (χ1) is 12.5. The fourth-order valence-electron chi connectivity index (χ4n) is 2.85. The van der Waals surface area contributed by atoms with Crippen molar-refractivity contribution in [2.45, 2.75) is 45.4 Å². The molecule has 0 saturated carbocycles. The molecule has 0 saturated heterocycles. The van der Waals surface area contributed by atoms with E-state index in [9.17, 15) is 9.90 Å². The summed E-state index contributed by atoms with van der Waals surface area (Å²) in [6, 6.07) is 13.4. The SMILES string of the molecule is CCCCCCCCN(C(=O)c1cc(I)c(O)c(I)c1)c1ccccc1.